The second kappa shape index (κ2) is 9.71. The predicted octanol–water partition coefficient (Wildman–Crippen LogP) is 4.84. The monoisotopic (exact) mass is 391 g/mol. The highest BCUT2D eigenvalue weighted by Gasteiger charge is 2.09. The molecule has 0 aliphatic heterocycles. The van der Waals surface area contributed by atoms with E-state index in [1.807, 2.05) is 36.0 Å². The lowest BCUT2D eigenvalue weighted by molar-refractivity contribution is 0.101. The van der Waals surface area contributed by atoms with Crippen molar-refractivity contribution in [2.24, 2.45) is 0 Å². The maximum atomic E-state index is 12.5. The number of rotatable bonds is 7. The molecule has 6 heteroatoms. The molecule has 0 saturated carbocycles. The van der Waals surface area contributed by atoms with Gasteiger partial charge in [0.25, 0.3) is 11.8 Å². The maximum absolute atomic E-state index is 12.5. The van der Waals surface area contributed by atoms with Gasteiger partial charge in [-0.3, -0.25) is 14.6 Å². The molecule has 2 N–H and O–H groups in total. The molecule has 0 aliphatic carbocycles. The van der Waals surface area contributed by atoms with Crippen LogP contribution < -0.4 is 10.6 Å². The van der Waals surface area contributed by atoms with Crippen molar-refractivity contribution in [3.8, 4) is 0 Å². The van der Waals surface area contributed by atoms with Crippen LogP contribution in [0.5, 0.6) is 0 Å². The van der Waals surface area contributed by atoms with Gasteiger partial charge in [0.1, 0.15) is 0 Å². The molecule has 0 unspecified atom stereocenters. The zero-order valence-corrected chi connectivity index (χ0v) is 16.3. The first kappa shape index (κ1) is 19.6. The molecule has 0 fully saturated rings. The van der Waals surface area contributed by atoms with Crippen LogP contribution >= 0.6 is 11.8 Å². The van der Waals surface area contributed by atoms with E-state index in [0.29, 0.717) is 22.5 Å². The topological polar surface area (TPSA) is 71.1 Å². The van der Waals surface area contributed by atoms with E-state index in [9.17, 15) is 9.59 Å². The lowest BCUT2D eigenvalue weighted by atomic mass is 10.1. The minimum absolute atomic E-state index is 0.188. The Labute approximate surface area is 168 Å². The summed E-state index contributed by atoms with van der Waals surface area (Å²) in [4.78, 5) is 28.6. The van der Waals surface area contributed by atoms with E-state index in [4.69, 9.17) is 0 Å². The number of nitrogens with one attached hydrogen (secondary N) is 2. The molecule has 2 amide bonds. The van der Waals surface area contributed by atoms with Crippen molar-refractivity contribution in [3.05, 3.63) is 89.7 Å². The summed E-state index contributed by atoms with van der Waals surface area (Å²) in [5.41, 5.74) is 3.53. The van der Waals surface area contributed by atoms with Crippen molar-refractivity contribution in [1.82, 2.24) is 4.98 Å². The Morgan fingerprint density at radius 2 is 1.43 bits per heavy atom. The van der Waals surface area contributed by atoms with Crippen LogP contribution in [0.25, 0.3) is 0 Å². The summed E-state index contributed by atoms with van der Waals surface area (Å²) in [6, 6.07) is 18.0. The van der Waals surface area contributed by atoms with Crippen LogP contribution in [0.3, 0.4) is 0 Å². The third-order valence-electron chi connectivity index (χ3n) is 4.01. The van der Waals surface area contributed by atoms with Crippen molar-refractivity contribution in [3.63, 3.8) is 0 Å². The smallest absolute Gasteiger partial charge is 0.255 e. The van der Waals surface area contributed by atoms with E-state index in [-0.39, 0.29) is 11.8 Å². The van der Waals surface area contributed by atoms with Gasteiger partial charge in [-0.2, -0.15) is 11.8 Å². The highest BCUT2D eigenvalue weighted by Crippen LogP contribution is 2.18. The van der Waals surface area contributed by atoms with Gasteiger partial charge in [-0.15, -0.1) is 0 Å². The number of carbonyl (C=O) groups excluding carboxylic acids is 2. The number of carbonyl (C=O) groups is 2. The third-order valence-corrected chi connectivity index (χ3v) is 4.96. The van der Waals surface area contributed by atoms with Crippen LogP contribution in [0.2, 0.25) is 0 Å². The molecule has 142 valence electrons. The van der Waals surface area contributed by atoms with Crippen LogP contribution in [0, 0.1) is 0 Å². The summed E-state index contributed by atoms with van der Waals surface area (Å²) in [6.07, 6.45) is 3.13. The van der Waals surface area contributed by atoms with Crippen LogP contribution in [0.15, 0.2) is 73.1 Å². The second-order valence-electron chi connectivity index (χ2n) is 6.06. The number of hydrogen-bond donors (Lipinski definition) is 2. The Bertz CT molecular complexity index is 944. The minimum atomic E-state index is -0.230. The van der Waals surface area contributed by atoms with Crippen molar-refractivity contribution < 1.29 is 9.59 Å². The molecular formula is C22H21N3O2S. The van der Waals surface area contributed by atoms with Crippen LogP contribution in [0.1, 0.15) is 33.2 Å². The summed E-state index contributed by atoms with van der Waals surface area (Å²) in [5, 5.41) is 5.69. The van der Waals surface area contributed by atoms with Crippen molar-refractivity contribution in [2.75, 3.05) is 16.4 Å². The largest absolute Gasteiger partial charge is 0.322 e. The third kappa shape index (κ3) is 5.44. The molecule has 0 spiro atoms. The van der Waals surface area contributed by atoms with Gasteiger partial charge in [0.15, 0.2) is 0 Å². The number of pyridine rings is 1. The Balaban J connectivity index is 1.63. The molecule has 0 aliphatic rings. The summed E-state index contributed by atoms with van der Waals surface area (Å²) in [5.74, 6) is 1.59. The summed E-state index contributed by atoms with van der Waals surface area (Å²) < 4.78 is 0. The van der Waals surface area contributed by atoms with Gasteiger partial charge in [-0.25, -0.2) is 0 Å². The van der Waals surface area contributed by atoms with Crippen molar-refractivity contribution in [2.45, 2.75) is 12.7 Å². The summed E-state index contributed by atoms with van der Waals surface area (Å²) >= 11 is 1.84. The van der Waals surface area contributed by atoms with E-state index in [0.717, 1.165) is 11.5 Å². The molecular weight excluding hydrogens is 370 g/mol. The normalized spacial score (nSPS) is 10.3. The van der Waals surface area contributed by atoms with Gasteiger partial charge >= 0.3 is 0 Å². The first-order valence-electron chi connectivity index (χ1n) is 8.95. The lowest BCUT2D eigenvalue weighted by Gasteiger charge is -2.09. The molecule has 3 rings (SSSR count). The van der Waals surface area contributed by atoms with Crippen molar-refractivity contribution >= 4 is 35.0 Å². The van der Waals surface area contributed by atoms with Crippen molar-refractivity contribution in [1.29, 1.82) is 0 Å². The van der Waals surface area contributed by atoms with Crippen LogP contribution in [0.4, 0.5) is 11.4 Å². The number of benzene rings is 2. The molecule has 0 saturated heterocycles. The first-order valence-corrected chi connectivity index (χ1v) is 10.1. The minimum Gasteiger partial charge on any atom is -0.322 e. The SMILES string of the molecule is CCSCc1ccc(C(=O)Nc2cccc(NC(=O)c3ccncc3)c2)cc1. The fourth-order valence-electron chi connectivity index (χ4n) is 2.56. The fraction of sp³-hybridized carbons (Fsp3) is 0.136. The highest BCUT2D eigenvalue weighted by atomic mass is 32.2. The average molecular weight is 391 g/mol. The molecule has 0 atom stereocenters. The number of anilines is 2. The lowest BCUT2D eigenvalue weighted by Crippen LogP contribution is -2.14. The first-order chi connectivity index (χ1) is 13.7. The molecule has 0 radical (unpaired) electrons. The molecule has 5 nitrogen and oxygen atoms in total. The number of aromatic nitrogens is 1. The van der Waals surface area contributed by atoms with Crippen LogP contribution in [-0.4, -0.2) is 22.6 Å². The molecule has 2 aromatic carbocycles. The van der Waals surface area contributed by atoms with Gasteiger partial charge in [0.05, 0.1) is 0 Å². The van der Waals surface area contributed by atoms with E-state index in [1.54, 1.807) is 48.8 Å². The molecule has 1 heterocycles. The predicted molar refractivity (Wildman–Crippen MR) is 115 cm³/mol. The standard InChI is InChI=1S/C22H21N3O2S/c1-2-28-15-16-6-8-17(9-7-16)21(26)24-19-4-3-5-20(14-19)25-22(27)18-10-12-23-13-11-18/h3-14H,2,15H2,1H3,(H,24,26)(H,25,27). The molecule has 28 heavy (non-hydrogen) atoms. The Morgan fingerprint density at radius 1 is 0.857 bits per heavy atom. The molecule has 1 aromatic heterocycles. The number of amides is 2. The zero-order chi connectivity index (χ0) is 19.8. The fourth-order valence-corrected chi connectivity index (χ4v) is 3.19. The second-order valence-corrected chi connectivity index (χ2v) is 7.33. The highest BCUT2D eigenvalue weighted by molar-refractivity contribution is 7.98. The van der Waals surface area contributed by atoms with Crippen LogP contribution in [-0.2, 0) is 5.75 Å². The summed E-state index contributed by atoms with van der Waals surface area (Å²) in [7, 11) is 0. The van der Waals surface area contributed by atoms with Gasteiger partial charge in [-0.1, -0.05) is 25.1 Å². The maximum Gasteiger partial charge on any atom is 0.255 e. The number of thioether (sulfide) groups is 1. The summed E-state index contributed by atoms with van der Waals surface area (Å²) in [6.45, 7) is 2.13. The Kier molecular flexibility index (Phi) is 6.81. The molecule has 3 aromatic rings. The van der Waals surface area contributed by atoms with Gasteiger partial charge in [-0.05, 0) is 53.8 Å². The number of nitrogens with zero attached hydrogens (tertiary/aromatic N) is 1. The van der Waals surface area contributed by atoms with E-state index < -0.39 is 0 Å². The quantitative estimate of drug-likeness (QED) is 0.605. The average Bonchev–Trinajstić information content (AvgIpc) is 2.73. The molecule has 0 bridgehead atoms. The van der Waals surface area contributed by atoms with E-state index >= 15 is 0 Å². The zero-order valence-electron chi connectivity index (χ0n) is 15.5. The van der Waals surface area contributed by atoms with E-state index in [2.05, 4.69) is 22.5 Å². The number of hydrogen-bond acceptors (Lipinski definition) is 4. The van der Waals surface area contributed by atoms with Gasteiger partial charge in [0.2, 0.25) is 0 Å². The van der Waals surface area contributed by atoms with Gasteiger partial charge < -0.3 is 10.6 Å². The van der Waals surface area contributed by atoms with Gasteiger partial charge in [0, 0.05) is 40.6 Å². The van der Waals surface area contributed by atoms with E-state index in [1.165, 1.54) is 5.56 Å². The Morgan fingerprint density at radius 3 is 2.00 bits per heavy atom. The Hall–Kier alpha value is -3.12.